The van der Waals surface area contributed by atoms with E-state index in [-0.39, 0.29) is 22.9 Å². The van der Waals surface area contributed by atoms with Gasteiger partial charge in [-0.15, -0.1) is 0 Å². The molecule has 3 aromatic heterocycles. The van der Waals surface area contributed by atoms with Crippen LogP contribution in [0.25, 0.3) is 22.2 Å². The predicted octanol–water partition coefficient (Wildman–Crippen LogP) is 3.54. The zero-order valence-corrected chi connectivity index (χ0v) is 20.3. The number of benzene rings is 1. The third-order valence-electron chi connectivity index (χ3n) is 6.46. The number of halogens is 2. The molecule has 9 nitrogen and oxygen atoms in total. The molecular weight excluding hydrogens is 492 g/mol. The number of aromatic nitrogens is 4. The van der Waals surface area contributed by atoms with Gasteiger partial charge in [0.25, 0.3) is 0 Å². The summed E-state index contributed by atoms with van der Waals surface area (Å²) in [5, 5.41) is 4.94. The van der Waals surface area contributed by atoms with Crippen LogP contribution in [-0.2, 0) is 10.0 Å². The minimum absolute atomic E-state index is 0.0641. The zero-order chi connectivity index (χ0) is 25.6. The van der Waals surface area contributed by atoms with Crippen LogP contribution in [0.1, 0.15) is 34.8 Å². The lowest BCUT2D eigenvalue weighted by Crippen LogP contribution is -2.38. The molecule has 1 fully saturated rings. The van der Waals surface area contributed by atoms with E-state index in [1.807, 2.05) is 10.9 Å². The molecule has 4 heterocycles. The normalized spacial score (nSPS) is 15.4. The number of fused-ring (bicyclic) bond motifs is 1. The maximum Gasteiger partial charge on any atom is 0.211 e. The highest BCUT2D eigenvalue weighted by Gasteiger charge is 2.26. The van der Waals surface area contributed by atoms with Crippen molar-refractivity contribution in [3.63, 3.8) is 0 Å². The third kappa shape index (κ3) is 4.37. The van der Waals surface area contributed by atoms with Gasteiger partial charge < -0.3 is 9.72 Å². The molecule has 0 aliphatic carbocycles. The lowest BCUT2D eigenvalue weighted by atomic mass is 10.0. The zero-order valence-electron chi connectivity index (χ0n) is 19.5. The molecule has 1 N–H and O–H groups in total. The standard InChI is InChI=1S/C24H23F2N5O4S/c1-35-22-8-18(20(25)9-21(22)26)23(32)19-12-28-24-17(19)7-14(10-27-24)15-11-29-31(13-15)16-3-5-30(6-4-16)36(2,33)34/h7-13,16H,3-6H2,1-2H3,(H,27,28). The van der Waals surface area contributed by atoms with Crippen LogP contribution < -0.4 is 4.74 Å². The number of ketones is 1. The van der Waals surface area contributed by atoms with Crippen molar-refractivity contribution in [2.45, 2.75) is 18.9 Å². The van der Waals surface area contributed by atoms with Gasteiger partial charge in [-0.1, -0.05) is 0 Å². The number of hydrogen-bond acceptors (Lipinski definition) is 6. The number of ether oxygens (including phenoxy) is 1. The molecule has 1 aromatic carbocycles. The molecule has 0 radical (unpaired) electrons. The van der Waals surface area contributed by atoms with Crippen LogP contribution in [0.5, 0.6) is 5.75 Å². The Morgan fingerprint density at radius 1 is 1.08 bits per heavy atom. The molecule has 0 bridgehead atoms. The first kappa shape index (κ1) is 24.1. The summed E-state index contributed by atoms with van der Waals surface area (Å²) in [4.78, 5) is 20.5. The monoisotopic (exact) mass is 515 g/mol. The van der Waals surface area contributed by atoms with Crippen LogP contribution in [0.4, 0.5) is 8.78 Å². The predicted molar refractivity (Wildman–Crippen MR) is 128 cm³/mol. The smallest absolute Gasteiger partial charge is 0.211 e. The average Bonchev–Trinajstić information content (AvgIpc) is 3.51. The van der Waals surface area contributed by atoms with Gasteiger partial charge in [-0.3, -0.25) is 9.48 Å². The van der Waals surface area contributed by atoms with Crippen LogP contribution in [0.2, 0.25) is 0 Å². The van der Waals surface area contributed by atoms with E-state index in [9.17, 15) is 22.0 Å². The lowest BCUT2D eigenvalue weighted by molar-refractivity contribution is 0.103. The molecule has 0 unspecified atom stereocenters. The summed E-state index contributed by atoms with van der Waals surface area (Å²) < 4.78 is 59.9. The molecule has 0 amide bonds. The van der Waals surface area contributed by atoms with Crippen molar-refractivity contribution in [2.75, 3.05) is 26.5 Å². The van der Waals surface area contributed by atoms with E-state index in [0.717, 1.165) is 11.6 Å². The molecule has 1 aliphatic rings. The Labute approximate surface area is 205 Å². The minimum Gasteiger partial charge on any atom is -0.494 e. The van der Waals surface area contributed by atoms with Gasteiger partial charge >= 0.3 is 0 Å². The second-order valence-corrected chi connectivity index (χ2v) is 10.7. The molecule has 0 spiro atoms. The van der Waals surface area contributed by atoms with E-state index in [2.05, 4.69) is 15.1 Å². The van der Waals surface area contributed by atoms with Crippen molar-refractivity contribution in [1.82, 2.24) is 24.1 Å². The Morgan fingerprint density at radius 2 is 1.83 bits per heavy atom. The van der Waals surface area contributed by atoms with Gasteiger partial charge in [0.05, 0.1) is 31.2 Å². The van der Waals surface area contributed by atoms with Gasteiger partial charge in [0.2, 0.25) is 10.0 Å². The number of H-pyrrole nitrogens is 1. The summed E-state index contributed by atoms with van der Waals surface area (Å²) in [5.41, 5.74) is 1.79. The number of rotatable bonds is 6. The molecule has 4 aromatic rings. The summed E-state index contributed by atoms with van der Waals surface area (Å²) in [5.74, 6) is -2.74. The number of hydrogen-bond donors (Lipinski definition) is 1. The molecule has 36 heavy (non-hydrogen) atoms. The van der Waals surface area contributed by atoms with Crippen LogP contribution >= 0.6 is 0 Å². The number of carbonyl (C=O) groups is 1. The Bertz CT molecular complexity index is 1570. The van der Waals surface area contributed by atoms with Crippen molar-refractivity contribution in [2.24, 2.45) is 0 Å². The Balaban J connectivity index is 1.43. The van der Waals surface area contributed by atoms with E-state index in [1.165, 1.54) is 23.9 Å². The lowest BCUT2D eigenvalue weighted by Gasteiger charge is -2.30. The number of nitrogens with zero attached hydrogens (tertiary/aromatic N) is 4. The summed E-state index contributed by atoms with van der Waals surface area (Å²) in [7, 11) is -1.97. The SMILES string of the molecule is COc1cc(C(=O)c2c[nH]c3ncc(-c4cnn(C5CCN(S(C)(=O)=O)CC5)c4)cc23)c(F)cc1F. The van der Waals surface area contributed by atoms with Crippen LogP contribution in [0.15, 0.2) is 43.0 Å². The summed E-state index contributed by atoms with van der Waals surface area (Å²) in [6.07, 6.45) is 9.14. The molecular formula is C24H23F2N5O4S. The quantitative estimate of drug-likeness (QED) is 0.394. The van der Waals surface area contributed by atoms with Crippen LogP contribution in [-0.4, -0.2) is 64.7 Å². The first-order chi connectivity index (χ1) is 17.2. The van der Waals surface area contributed by atoms with Crippen molar-refractivity contribution in [1.29, 1.82) is 0 Å². The van der Waals surface area contributed by atoms with Crippen molar-refractivity contribution in [3.8, 4) is 16.9 Å². The molecule has 188 valence electrons. The Morgan fingerprint density at radius 3 is 2.53 bits per heavy atom. The highest BCUT2D eigenvalue weighted by atomic mass is 32.2. The molecule has 1 saturated heterocycles. The molecule has 12 heteroatoms. The van der Waals surface area contributed by atoms with Gasteiger partial charge in [0.15, 0.2) is 17.3 Å². The maximum atomic E-state index is 14.4. The fourth-order valence-corrected chi connectivity index (χ4v) is 5.35. The van der Waals surface area contributed by atoms with E-state index in [0.29, 0.717) is 48.6 Å². The van der Waals surface area contributed by atoms with Crippen molar-refractivity contribution in [3.05, 3.63) is 65.7 Å². The minimum atomic E-state index is -3.21. The van der Waals surface area contributed by atoms with Crippen molar-refractivity contribution < 1.29 is 26.7 Å². The second-order valence-electron chi connectivity index (χ2n) is 8.72. The van der Waals surface area contributed by atoms with E-state index < -0.39 is 27.4 Å². The molecule has 0 saturated carbocycles. The average molecular weight is 516 g/mol. The molecule has 0 atom stereocenters. The third-order valence-corrected chi connectivity index (χ3v) is 7.77. The maximum absolute atomic E-state index is 14.4. The largest absolute Gasteiger partial charge is 0.494 e. The van der Waals surface area contributed by atoms with Gasteiger partial charge in [-0.2, -0.15) is 5.10 Å². The number of pyridine rings is 1. The molecule has 1 aliphatic heterocycles. The summed E-state index contributed by atoms with van der Waals surface area (Å²) in [6.45, 7) is 0.873. The number of piperidine rings is 1. The number of carbonyl (C=O) groups excluding carboxylic acids is 1. The first-order valence-corrected chi connectivity index (χ1v) is 13.0. The van der Waals surface area contributed by atoms with Gasteiger partial charge in [-0.25, -0.2) is 26.5 Å². The van der Waals surface area contributed by atoms with E-state index in [4.69, 9.17) is 4.74 Å². The van der Waals surface area contributed by atoms with Crippen LogP contribution in [0.3, 0.4) is 0 Å². The van der Waals surface area contributed by atoms with E-state index in [1.54, 1.807) is 18.5 Å². The Hall–Kier alpha value is -3.64. The fourth-order valence-electron chi connectivity index (χ4n) is 4.48. The van der Waals surface area contributed by atoms with Crippen LogP contribution in [0, 0.1) is 11.6 Å². The van der Waals surface area contributed by atoms with Gasteiger partial charge in [-0.05, 0) is 25.0 Å². The summed E-state index contributed by atoms with van der Waals surface area (Å²) in [6, 6.07) is 3.49. The number of nitrogens with one attached hydrogen (secondary N) is 1. The number of methoxy groups -OCH3 is 1. The van der Waals surface area contributed by atoms with Crippen molar-refractivity contribution >= 4 is 26.8 Å². The number of aromatic amines is 1. The first-order valence-electron chi connectivity index (χ1n) is 11.2. The fraction of sp³-hybridized carbons (Fsp3) is 0.292. The van der Waals surface area contributed by atoms with E-state index >= 15 is 0 Å². The second kappa shape index (κ2) is 9.10. The van der Waals surface area contributed by atoms with Gasteiger partial charge in [0.1, 0.15) is 11.5 Å². The highest BCUT2D eigenvalue weighted by Crippen LogP contribution is 2.30. The topological polar surface area (TPSA) is 110 Å². The Kier molecular flexibility index (Phi) is 6.08. The summed E-state index contributed by atoms with van der Waals surface area (Å²) >= 11 is 0. The number of sulfonamides is 1. The van der Waals surface area contributed by atoms with Gasteiger partial charge in [0, 0.05) is 59.8 Å². The highest BCUT2D eigenvalue weighted by molar-refractivity contribution is 7.88. The molecule has 5 rings (SSSR count).